The zero-order valence-electron chi connectivity index (χ0n) is 10.9. The minimum atomic E-state index is -0.800. The summed E-state index contributed by atoms with van der Waals surface area (Å²) >= 11 is 3.25. The molecule has 0 aromatic heterocycles. The van der Waals surface area contributed by atoms with Crippen LogP contribution in [0, 0.1) is 22.9 Å². The number of benzene rings is 2. The maximum Gasteiger partial charge on any atom is 0.273 e. The fraction of sp³-hybridized carbons (Fsp3) is 0.0714. The zero-order chi connectivity index (χ0) is 15.6. The van der Waals surface area contributed by atoms with E-state index >= 15 is 0 Å². The fourth-order valence-electron chi connectivity index (χ4n) is 1.80. The molecule has 2 aromatic carbocycles. The van der Waals surface area contributed by atoms with Crippen LogP contribution < -0.4 is 5.32 Å². The lowest BCUT2D eigenvalue weighted by Crippen LogP contribution is -2.14. The average Bonchev–Trinajstić information content (AvgIpc) is 2.37. The number of hydrogen-bond acceptors (Lipinski definition) is 3. The number of nitrogens with one attached hydrogen (secondary N) is 1. The molecule has 21 heavy (non-hydrogen) atoms. The van der Waals surface area contributed by atoms with E-state index in [1.807, 2.05) is 0 Å². The Kier molecular flexibility index (Phi) is 4.32. The van der Waals surface area contributed by atoms with Gasteiger partial charge in [-0.25, -0.2) is 4.39 Å². The molecule has 0 spiro atoms. The van der Waals surface area contributed by atoms with Gasteiger partial charge in [-0.3, -0.25) is 14.9 Å². The monoisotopic (exact) mass is 352 g/mol. The highest BCUT2D eigenvalue weighted by Gasteiger charge is 2.20. The minimum absolute atomic E-state index is 0.163. The van der Waals surface area contributed by atoms with Gasteiger partial charge < -0.3 is 5.32 Å². The van der Waals surface area contributed by atoms with Crippen LogP contribution in [0.1, 0.15) is 15.9 Å². The molecule has 0 bridgehead atoms. The second kappa shape index (κ2) is 6.01. The first-order valence-corrected chi connectivity index (χ1v) is 6.69. The van der Waals surface area contributed by atoms with Gasteiger partial charge in [0.1, 0.15) is 5.82 Å². The van der Waals surface area contributed by atoms with Crippen LogP contribution in [0.15, 0.2) is 40.9 Å². The molecule has 0 aliphatic heterocycles. The summed E-state index contributed by atoms with van der Waals surface area (Å²) in [5.41, 5.74) is -0.0448. The lowest BCUT2D eigenvalue weighted by Gasteiger charge is -2.07. The van der Waals surface area contributed by atoms with Crippen molar-refractivity contribution >= 4 is 33.2 Å². The van der Waals surface area contributed by atoms with E-state index in [9.17, 15) is 19.3 Å². The molecule has 1 N–H and O–H groups in total. The maximum atomic E-state index is 13.8. The number of carbonyl (C=O) groups excluding carboxylic acids is 1. The summed E-state index contributed by atoms with van der Waals surface area (Å²) in [6.07, 6.45) is 0. The van der Waals surface area contributed by atoms with Gasteiger partial charge in [0.25, 0.3) is 11.6 Å². The molecule has 0 fully saturated rings. The Hall–Kier alpha value is -2.28. The molecule has 108 valence electrons. The predicted molar refractivity (Wildman–Crippen MR) is 79.9 cm³/mol. The van der Waals surface area contributed by atoms with Gasteiger partial charge in [-0.2, -0.15) is 0 Å². The lowest BCUT2D eigenvalue weighted by atomic mass is 10.1. The Morgan fingerprint density at radius 1 is 1.33 bits per heavy atom. The number of nitro groups is 1. The van der Waals surface area contributed by atoms with Crippen molar-refractivity contribution in [1.82, 2.24) is 0 Å². The van der Waals surface area contributed by atoms with Gasteiger partial charge in [-0.15, -0.1) is 0 Å². The molecule has 0 radical (unpaired) electrons. The van der Waals surface area contributed by atoms with Crippen LogP contribution in [0.2, 0.25) is 0 Å². The summed E-state index contributed by atoms with van der Waals surface area (Å²) in [5, 5.41) is 13.3. The Labute approximate surface area is 128 Å². The second-order valence-electron chi connectivity index (χ2n) is 4.34. The Morgan fingerprint density at radius 3 is 2.67 bits per heavy atom. The fourth-order valence-corrected chi connectivity index (χ4v) is 2.20. The van der Waals surface area contributed by atoms with E-state index in [1.54, 1.807) is 24.3 Å². The molecular formula is C14H10BrFN2O3. The summed E-state index contributed by atoms with van der Waals surface area (Å²) in [4.78, 5) is 22.3. The molecular weight excluding hydrogens is 343 g/mol. The summed E-state index contributed by atoms with van der Waals surface area (Å²) in [6.45, 7) is 1.41. The Bertz CT molecular complexity index is 734. The number of aryl methyl sites for hydroxylation is 1. The third kappa shape index (κ3) is 3.43. The quantitative estimate of drug-likeness (QED) is 0.668. The number of amides is 1. The lowest BCUT2D eigenvalue weighted by molar-refractivity contribution is -0.385. The summed E-state index contributed by atoms with van der Waals surface area (Å²) in [5.74, 6) is -1.54. The van der Waals surface area contributed by atoms with E-state index in [0.717, 1.165) is 16.6 Å². The Morgan fingerprint density at radius 2 is 2.05 bits per heavy atom. The second-order valence-corrected chi connectivity index (χ2v) is 5.26. The summed E-state index contributed by atoms with van der Waals surface area (Å²) < 4.78 is 14.6. The number of rotatable bonds is 3. The minimum Gasteiger partial charge on any atom is -0.322 e. The normalized spacial score (nSPS) is 10.2. The molecule has 0 aliphatic rings. The van der Waals surface area contributed by atoms with Crippen molar-refractivity contribution in [2.24, 2.45) is 0 Å². The van der Waals surface area contributed by atoms with Crippen molar-refractivity contribution < 1.29 is 14.1 Å². The number of anilines is 1. The van der Waals surface area contributed by atoms with Crippen LogP contribution in [0.25, 0.3) is 0 Å². The van der Waals surface area contributed by atoms with Crippen LogP contribution in [0.5, 0.6) is 0 Å². The number of carbonyl (C=O) groups is 1. The molecule has 7 heteroatoms. The van der Waals surface area contributed by atoms with E-state index in [-0.39, 0.29) is 16.8 Å². The van der Waals surface area contributed by atoms with Gasteiger partial charge in [0.05, 0.1) is 10.5 Å². The molecule has 1 amide bonds. The molecule has 0 saturated heterocycles. The maximum absolute atomic E-state index is 13.8. The number of nitro benzene ring substituents is 1. The van der Waals surface area contributed by atoms with Crippen LogP contribution in [0.3, 0.4) is 0 Å². The molecule has 5 nitrogen and oxygen atoms in total. The van der Waals surface area contributed by atoms with Gasteiger partial charge in [0, 0.05) is 21.8 Å². The van der Waals surface area contributed by atoms with E-state index in [4.69, 9.17) is 0 Å². The SMILES string of the molecule is Cc1cc(F)c(C(=O)Nc2cccc(Br)c2)cc1[N+](=O)[O-]. The average molecular weight is 353 g/mol. The van der Waals surface area contributed by atoms with Crippen LogP contribution in [-0.2, 0) is 0 Å². The van der Waals surface area contributed by atoms with E-state index in [2.05, 4.69) is 21.2 Å². The predicted octanol–water partition coefficient (Wildman–Crippen LogP) is 4.06. The van der Waals surface area contributed by atoms with Gasteiger partial charge in [0.2, 0.25) is 0 Å². The standard InChI is InChI=1S/C14H10BrFN2O3/c1-8-5-12(16)11(7-13(8)18(20)21)14(19)17-10-4-2-3-9(15)6-10/h2-7H,1H3,(H,17,19). The van der Waals surface area contributed by atoms with Gasteiger partial charge in [-0.05, 0) is 31.2 Å². The first-order valence-electron chi connectivity index (χ1n) is 5.90. The molecule has 0 unspecified atom stereocenters. The molecule has 2 aromatic rings. The largest absolute Gasteiger partial charge is 0.322 e. The van der Waals surface area contributed by atoms with Gasteiger partial charge in [0.15, 0.2) is 0 Å². The highest BCUT2D eigenvalue weighted by atomic mass is 79.9. The van der Waals surface area contributed by atoms with Crippen molar-refractivity contribution in [1.29, 1.82) is 0 Å². The van der Waals surface area contributed by atoms with Crippen molar-refractivity contribution in [2.45, 2.75) is 6.92 Å². The van der Waals surface area contributed by atoms with E-state index in [0.29, 0.717) is 5.69 Å². The van der Waals surface area contributed by atoms with E-state index in [1.165, 1.54) is 6.92 Å². The Balaban J connectivity index is 2.35. The molecule has 0 aliphatic carbocycles. The number of halogens is 2. The highest BCUT2D eigenvalue weighted by molar-refractivity contribution is 9.10. The van der Waals surface area contributed by atoms with Crippen molar-refractivity contribution in [2.75, 3.05) is 5.32 Å². The smallest absolute Gasteiger partial charge is 0.273 e. The zero-order valence-corrected chi connectivity index (χ0v) is 12.5. The third-order valence-electron chi connectivity index (χ3n) is 2.81. The first-order chi connectivity index (χ1) is 9.88. The van der Waals surface area contributed by atoms with Crippen LogP contribution in [-0.4, -0.2) is 10.8 Å². The molecule has 0 atom stereocenters. The summed E-state index contributed by atoms with van der Waals surface area (Å²) in [7, 11) is 0. The molecule has 0 heterocycles. The van der Waals surface area contributed by atoms with Gasteiger partial charge in [-0.1, -0.05) is 22.0 Å². The highest BCUT2D eigenvalue weighted by Crippen LogP contribution is 2.23. The topological polar surface area (TPSA) is 72.2 Å². The number of hydrogen-bond donors (Lipinski definition) is 1. The van der Waals surface area contributed by atoms with E-state index < -0.39 is 16.6 Å². The van der Waals surface area contributed by atoms with Crippen molar-refractivity contribution in [3.63, 3.8) is 0 Å². The molecule has 2 rings (SSSR count). The first kappa shape index (κ1) is 15.1. The number of nitrogens with zero attached hydrogens (tertiary/aromatic N) is 1. The van der Waals surface area contributed by atoms with Crippen LogP contribution in [0.4, 0.5) is 15.8 Å². The third-order valence-corrected chi connectivity index (χ3v) is 3.30. The summed E-state index contributed by atoms with van der Waals surface area (Å²) in [6, 6.07) is 8.66. The van der Waals surface area contributed by atoms with Crippen LogP contribution >= 0.6 is 15.9 Å². The molecule has 0 saturated carbocycles. The van der Waals surface area contributed by atoms with Gasteiger partial charge >= 0.3 is 0 Å². The van der Waals surface area contributed by atoms with Crippen molar-refractivity contribution in [3.8, 4) is 0 Å². The van der Waals surface area contributed by atoms with Crippen molar-refractivity contribution in [3.05, 3.63) is 67.9 Å².